The normalized spacial score (nSPS) is 19.0. The summed E-state index contributed by atoms with van der Waals surface area (Å²) in [5.74, 6) is 1.74. The zero-order valence-corrected chi connectivity index (χ0v) is 15.9. The van der Waals surface area contributed by atoms with E-state index in [1.807, 2.05) is 18.2 Å². The molecule has 2 rings (SSSR count). The lowest BCUT2D eigenvalue weighted by Crippen LogP contribution is -2.31. The van der Waals surface area contributed by atoms with Gasteiger partial charge in [-0.15, -0.1) is 19.0 Å². The van der Waals surface area contributed by atoms with Gasteiger partial charge in [-0.05, 0) is 42.9 Å². The van der Waals surface area contributed by atoms with E-state index in [-0.39, 0.29) is 24.4 Å². The van der Waals surface area contributed by atoms with Gasteiger partial charge in [-0.2, -0.15) is 0 Å². The van der Waals surface area contributed by atoms with Crippen molar-refractivity contribution in [2.24, 2.45) is 11.7 Å². The smallest absolute Gasteiger partial charge is 0.220 e. The minimum absolute atomic E-state index is 0. The van der Waals surface area contributed by atoms with Gasteiger partial charge in [0.1, 0.15) is 0 Å². The summed E-state index contributed by atoms with van der Waals surface area (Å²) >= 11 is 0. The summed E-state index contributed by atoms with van der Waals surface area (Å²) in [6.45, 7) is 4.24. The standard InChI is InChI=1S/C19H28N2O3.ClH/c1-4-6-15-9-13(10-17(23-2)19(15)24-3)12-21-18(22)11-14-7-5-8-16(14)20;/h4,9-10,14,16H,1,5-8,11-12,20H2,2-3H3,(H,21,22);1H/t14-,16+;/m0./s1. The number of ether oxygens (including phenoxy) is 2. The van der Waals surface area contributed by atoms with Crippen LogP contribution in [-0.2, 0) is 17.8 Å². The fourth-order valence-electron chi connectivity index (χ4n) is 3.35. The van der Waals surface area contributed by atoms with E-state index >= 15 is 0 Å². The van der Waals surface area contributed by atoms with Crippen molar-refractivity contribution in [3.8, 4) is 11.5 Å². The van der Waals surface area contributed by atoms with E-state index in [1.54, 1.807) is 14.2 Å². The summed E-state index contributed by atoms with van der Waals surface area (Å²) in [7, 11) is 3.23. The number of benzene rings is 1. The number of amides is 1. The molecule has 140 valence electrons. The molecule has 0 spiro atoms. The van der Waals surface area contributed by atoms with Gasteiger partial charge in [0, 0.05) is 24.6 Å². The highest BCUT2D eigenvalue weighted by molar-refractivity contribution is 5.85. The number of rotatable bonds is 8. The van der Waals surface area contributed by atoms with Crippen molar-refractivity contribution in [1.29, 1.82) is 0 Å². The minimum atomic E-state index is 0. The number of carbonyl (C=O) groups is 1. The van der Waals surface area contributed by atoms with E-state index in [1.165, 1.54) is 0 Å². The van der Waals surface area contributed by atoms with Crippen LogP contribution in [0.5, 0.6) is 11.5 Å². The van der Waals surface area contributed by atoms with E-state index in [0.717, 1.165) is 30.4 Å². The number of hydrogen-bond acceptors (Lipinski definition) is 4. The zero-order chi connectivity index (χ0) is 17.5. The maximum Gasteiger partial charge on any atom is 0.220 e. The minimum Gasteiger partial charge on any atom is -0.493 e. The van der Waals surface area contributed by atoms with Gasteiger partial charge in [0.15, 0.2) is 11.5 Å². The molecule has 1 aromatic rings. The van der Waals surface area contributed by atoms with Crippen LogP contribution in [0, 0.1) is 5.92 Å². The highest BCUT2D eigenvalue weighted by Crippen LogP contribution is 2.33. The lowest BCUT2D eigenvalue weighted by Gasteiger charge is -2.16. The van der Waals surface area contributed by atoms with Gasteiger partial charge in [-0.3, -0.25) is 4.79 Å². The van der Waals surface area contributed by atoms with Gasteiger partial charge < -0.3 is 20.5 Å². The topological polar surface area (TPSA) is 73.6 Å². The Morgan fingerprint density at radius 2 is 2.12 bits per heavy atom. The van der Waals surface area contributed by atoms with Crippen molar-refractivity contribution in [2.45, 2.75) is 44.7 Å². The van der Waals surface area contributed by atoms with Crippen LogP contribution >= 0.6 is 12.4 Å². The molecule has 1 saturated carbocycles. The van der Waals surface area contributed by atoms with Crippen molar-refractivity contribution in [1.82, 2.24) is 5.32 Å². The van der Waals surface area contributed by atoms with E-state index in [0.29, 0.717) is 36.8 Å². The van der Waals surface area contributed by atoms with Crippen LogP contribution in [0.15, 0.2) is 24.8 Å². The number of carbonyl (C=O) groups excluding carboxylic acids is 1. The van der Waals surface area contributed by atoms with Crippen LogP contribution in [0.3, 0.4) is 0 Å². The molecular weight excluding hydrogens is 340 g/mol. The summed E-state index contributed by atoms with van der Waals surface area (Å²) in [4.78, 5) is 12.2. The van der Waals surface area contributed by atoms with Gasteiger partial charge in [-0.25, -0.2) is 0 Å². The van der Waals surface area contributed by atoms with Crippen LogP contribution in [0.25, 0.3) is 0 Å². The SMILES string of the molecule is C=CCc1cc(CNC(=O)C[C@@H]2CCC[C@H]2N)cc(OC)c1OC.Cl. The fourth-order valence-corrected chi connectivity index (χ4v) is 3.35. The molecule has 1 fully saturated rings. The molecule has 1 aliphatic rings. The average molecular weight is 369 g/mol. The monoisotopic (exact) mass is 368 g/mol. The molecule has 25 heavy (non-hydrogen) atoms. The Morgan fingerprint density at radius 3 is 2.68 bits per heavy atom. The predicted octanol–water partition coefficient (Wildman–Crippen LogP) is 2.99. The molecular formula is C19H29ClN2O3. The number of nitrogens with one attached hydrogen (secondary N) is 1. The molecule has 0 radical (unpaired) electrons. The zero-order valence-electron chi connectivity index (χ0n) is 15.0. The second-order valence-electron chi connectivity index (χ2n) is 6.32. The number of hydrogen-bond donors (Lipinski definition) is 2. The van der Waals surface area contributed by atoms with Crippen LogP contribution in [-0.4, -0.2) is 26.2 Å². The second kappa shape index (κ2) is 10.3. The van der Waals surface area contributed by atoms with E-state index in [9.17, 15) is 4.79 Å². The molecule has 0 bridgehead atoms. The lowest BCUT2D eigenvalue weighted by atomic mass is 10.00. The Labute approximate surface area is 156 Å². The molecule has 0 saturated heterocycles. The molecule has 0 aromatic heterocycles. The van der Waals surface area contributed by atoms with Crippen LogP contribution in [0.4, 0.5) is 0 Å². The van der Waals surface area contributed by atoms with Gasteiger partial charge in [0.25, 0.3) is 0 Å². The molecule has 3 N–H and O–H groups in total. The first-order valence-electron chi connectivity index (χ1n) is 8.46. The van der Waals surface area contributed by atoms with Gasteiger partial charge >= 0.3 is 0 Å². The van der Waals surface area contributed by atoms with Crippen LogP contribution in [0.1, 0.15) is 36.8 Å². The van der Waals surface area contributed by atoms with Gasteiger partial charge in [0.05, 0.1) is 14.2 Å². The average Bonchev–Trinajstić information content (AvgIpc) is 2.97. The van der Waals surface area contributed by atoms with Crippen molar-refractivity contribution in [3.63, 3.8) is 0 Å². The summed E-state index contributed by atoms with van der Waals surface area (Å²) in [5.41, 5.74) is 8.01. The maximum absolute atomic E-state index is 12.2. The van der Waals surface area contributed by atoms with E-state index < -0.39 is 0 Å². The number of allylic oxidation sites excluding steroid dienone is 1. The molecule has 5 nitrogen and oxygen atoms in total. The molecule has 0 unspecified atom stereocenters. The first-order valence-corrected chi connectivity index (χ1v) is 8.46. The molecule has 0 aliphatic heterocycles. The largest absolute Gasteiger partial charge is 0.493 e. The number of nitrogens with two attached hydrogens (primary N) is 1. The molecule has 2 atom stereocenters. The quantitative estimate of drug-likeness (QED) is 0.692. The van der Waals surface area contributed by atoms with Gasteiger partial charge in [0.2, 0.25) is 5.91 Å². The third-order valence-corrected chi connectivity index (χ3v) is 4.63. The van der Waals surface area contributed by atoms with E-state index in [4.69, 9.17) is 15.2 Å². The first-order chi connectivity index (χ1) is 11.6. The van der Waals surface area contributed by atoms with Gasteiger partial charge in [-0.1, -0.05) is 12.5 Å². The maximum atomic E-state index is 12.2. The molecule has 0 heterocycles. The van der Waals surface area contributed by atoms with Crippen molar-refractivity contribution < 1.29 is 14.3 Å². The number of methoxy groups -OCH3 is 2. The first kappa shape index (κ1) is 21.3. The fraction of sp³-hybridized carbons (Fsp3) is 0.526. The highest BCUT2D eigenvalue weighted by atomic mass is 35.5. The Bertz CT molecular complexity index is 592. The highest BCUT2D eigenvalue weighted by Gasteiger charge is 2.25. The molecule has 1 aromatic carbocycles. The summed E-state index contributed by atoms with van der Waals surface area (Å²) < 4.78 is 10.8. The summed E-state index contributed by atoms with van der Waals surface area (Å²) in [6.07, 6.45) is 6.21. The number of halogens is 1. The Morgan fingerprint density at radius 1 is 1.36 bits per heavy atom. The molecule has 1 aliphatic carbocycles. The predicted molar refractivity (Wildman–Crippen MR) is 102 cm³/mol. The lowest BCUT2D eigenvalue weighted by molar-refractivity contribution is -0.122. The molecule has 6 heteroatoms. The third-order valence-electron chi connectivity index (χ3n) is 4.63. The Balaban J connectivity index is 0.00000312. The van der Waals surface area contributed by atoms with Crippen molar-refractivity contribution in [2.75, 3.05) is 14.2 Å². The van der Waals surface area contributed by atoms with Crippen LogP contribution in [0.2, 0.25) is 0 Å². The Kier molecular flexibility index (Phi) is 8.79. The van der Waals surface area contributed by atoms with E-state index in [2.05, 4.69) is 11.9 Å². The molecule has 1 amide bonds. The second-order valence-corrected chi connectivity index (χ2v) is 6.32. The third kappa shape index (κ3) is 5.65. The van der Waals surface area contributed by atoms with Crippen molar-refractivity contribution >= 4 is 18.3 Å². The van der Waals surface area contributed by atoms with Crippen LogP contribution < -0.4 is 20.5 Å². The Hall–Kier alpha value is -1.72. The van der Waals surface area contributed by atoms with Crippen molar-refractivity contribution in [3.05, 3.63) is 35.9 Å². The summed E-state index contributed by atoms with van der Waals surface area (Å²) in [6, 6.07) is 4.08. The summed E-state index contributed by atoms with van der Waals surface area (Å²) in [5, 5.41) is 2.99.